The molecule has 30 heavy (non-hydrogen) atoms. The second-order valence-corrected chi connectivity index (χ2v) is 10.7. The zero-order valence-corrected chi connectivity index (χ0v) is 18.2. The van der Waals surface area contributed by atoms with Crippen LogP contribution in [0, 0.1) is 0 Å². The Morgan fingerprint density at radius 2 is 1.63 bits per heavy atom. The van der Waals surface area contributed by atoms with Crippen molar-refractivity contribution in [2.75, 3.05) is 5.32 Å². The van der Waals surface area contributed by atoms with Gasteiger partial charge in [-0.25, -0.2) is 13.1 Å². The highest BCUT2D eigenvalue weighted by molar-refractivity contribution is 7.90. The molecule has 0 atom stereocenters. The second kappa shape index (κ2) is 7.40. The molecule has 0 aliphatic carbocycles. The zero-order valence-electron chi connectivity index (χ0n) is 17.3. The van der Waals surface area contributed by atoms with Gasteiger partial charge in [0.2, 0.25) is 5.91 Å². The molecule has 0 spiro atoms. The normalized spacial score (nSPS) is 15.0. The monoisotopic (exact) mass is 423 g/mol. The maximum absolute atomic E-state index is 12.8. The van der Waals surface area contributed by atoms with Crippen LogP contribution in [0.25, 0.3) is 11.1 Å². The molecule has 7 heteroatoms. The smallest absolute Gasteiger partial charge is 0.229 e. The Balaban J connectivity index is 1.54. The van der Waals surface area contributed by atoms with Crippen molar-refractivity contribution in [1.82, 2.24) is 9.78 Å². The van der Waals surface area contributed by atoms with Crippen molar-refractivity contribution in [1.29, 1.82) is 0 Å². The van der Waals surface area contributed by atoms with E-state index in [9.17, 15) is 13.2 Å². The van der Waals surface area contributed by atoms with E-state index in [0.717, 1.165) is 16.7 Å². The first kappa shape index (κ1) is 20.3. The highest BCUT2D eigenvalue weighted by atomic mass is 32.2. The number of sulfone groups is 1. The molecule has 1 aliphatic rings. The number of amides is 1. The third-order valence-electron chi connectivity index (χ3n) is 5.11. The van der Waals surface area contributed by atoms with Crippen LogP contribution in [0.1, 0.15) is 37.6 Å². The van der Waals surface area contributed by atoms with Gasteiger partial charge in [-0.15, -0.1) is 0 Å². The number of nitrogens with zero attached hydrogens (tertiary/aromatic N) is 2. The number of carbonyl (C=O) groups excluding carboxylic acids is 1. The van der Waals surface area contributed by atoms with Crippen molar-refractivity contribution >= 4 is 21.6 Å². The summed E-state index contributed by atoms with van der Waals surface area (Å²) in [5.74, 6) is 0.138. The number of fused-ring (bicyclic) bond motifs is 1. The summed E-state index contributed by atoms with van der Waals surface area (Å²) in [5, 5.41) is 7.41. The van der Waals surface area contributed by atoms with Gasteiger partial charge in [-0.3, -0.25) is 4.79 Å². The lowest BCUT2D eigenvalue weighted by atomic mass is 10.0. The molecule has 1 amide bonds. The fourth-order valence-electron chi connectivity index (χ4n) is 3.66. The summed E-state index contributed by atoms with van der Waals surface area (Å²) < 4.78 is 25.8. The average Bonchev–Trinajstić information content (AvgIpc) is 3.15. The molecule has 0 radical (unpaired) electrons. The van der Waals surface area contributed by atoms with Crippen molar-refractivity contribution in [3.05, 3.63) is 71.4 Å². The van der Waals surface area contributed by atoms with Gasteiger partial charge in [-0.2, -0.15) is 5.10 Å². The van der Waals surface area contributed by atoms with Crippen molar-refractivity contribution in [2.24, 2.45) is 0 Å². The average molecular weight is 424 g/mol. The standard InChI is InChI=1S/C23H25N3O3S/c1-23(2,3)26-22(19-14-30(28,29)15-20(19)25-26)24-21(27)13-16-9-11-18(12-10-16)17-7-5-4-6-8-17/h4-12H,13-15H2,1-3H3,(H,24,27). The highest BCUT2D eigenvalue weighted by Gasteiger charge is 2.35. The van der Waals surface area contributed by atoms with Crippen LogP contribution >= 0.6 is 0 Å². The molecular weight excluding hydrogens is 398 g/mol. The topological polar surface area (TPSA) is 81.1 Å². The van der Waals surface area contributed by atoms with Gasteiger partial charge in [0.15, 0.2) is 9.84 Å². The number of hydrogen-bond donors (Lipinski definition) is 1. The molecule has 0 saturated heterocycles. The number of nitrogens with one attached hydrogen (secondary N) is 1. The minimum Gasteiger partial charge on any atom is -0.310 e. The number of carbonyl (C=O) groups is 1. The molecule has 156 valence electrons. The van der Waals surface area contributed by atoms with Crippen LogP contribution in [0.5, 0.6) is 0 Å². The van der Waals surface area contributed by atoms with Gasteiger partial charge in [-0.05, 0) is 37.5 Å². The van der Waals surface area contributed by atoms with Crippen molar-refractivity contribution in [2.45, 2.75) is 44.2 Å². The summed E-state index contributed by atoms with van der Waals surface area (Å²) in [4.78, 5) is 12.8. The van der Waals surface area contributed by atoms with Crippen molar-refractivity contribution in [3.8, 4) is 11.1 Å². The molecule has 0 unspecified atom stereocenters. The van der Waals surface area contributed by atoms with E-state index in [-0.39, 0.29) is 29.4 Å². The summed E-state index contributed by atoms with van der Waals surface area (Å²) in [5.41, 5.74) is 3.87. The van der Waals surface area contributed by atoms with Crippen LogP contribution < -0.4 is 5.32 Å². The molecule has 6 nitrogen and oxygen atoms in total. The minimum atomic E-state index is -3.20. The van der Waals surface area contributed by atoms with Gasteiger partial charge in [0, 0.05) is 5.56 Å². The Morgan fingerprint density at radius 1 is 1.00 bits per heavy atom. The Hall–Kier alpha value is -2.93. The summed E-state index contributed by atoms with van der Waals surface area (Å²) in [7, 11) is -3.20. The van der Waals surface area contributed by atoms with Crippen molar-refractivity contribution < 1.29 is 13.2 Å². The van der Waals surface area contributed by atoms with E-state index in [2.05, 4.69) is 10.4 Å². The highest BCUT2D eigenvalue weighted by Crippen LogP contribution is 2.34. The lowest BCUT2D eigenvalue weighted by Crippen LogP contribution is -2.28. The van der Waals surface area contributed by atoms with Gasteiger partial charge in [0.25, 0.3) is 0 Å². The van der Waals surface area contributed by atoms with E-state index >= 15 is 0 Å². The maximum Gasteiger partial charge on any atom is 0.229 e. The van der Waals surface area contributed by atoms with E-state index in [4.69, 9.17) is 0 Å². The molecule has 2 heterocycles. The lowest BCUT2D eigenvalue weighted by molar-refractivity contribution is -0.115. The molecule has 2 aromatic carbocycles. The fraction of sp³-hybridized carbons (Fsp3) is 0.304. The number of anilines is 1. The van der Waals surface area contributed by atoms with E-state index in [1.165, 1.54) is 0 Å². The molecule has 1 aliphatic heterocycles. The van der Waals surface area contributed by atoms with Gasteiger partial charge < -0.3 is 5.32 Å². The summed E-state index contributed by atoms with van der Waals surface area (Å²) in [6, 6.07) is 17.9. The number of rotatable bonds is 4. The van der Waals surface area contributed by atoms with Crippen LogP contribution in [-0.4, -0.2) is 24.1 Å². The SMILES string of the molecule is CC(C)(C)n1nc2c(c1NC(=O)Cc1ccc(-c3ccccc3)cc1)CS(=O)(=O)C2. The summed E-state index contributed by atoms with van der Waals surface area (Å²) in [6.45, 7) is 5.92. The number of aromatic nitrogens is 2. The number of hydrogen-bond acceptors (Lipinski definition) is 4. The van der Waals surface area contributed by atoms with Crippen LogP contribution in [0.4, 0.5) is 5.82 Å². The summed E-state index contributed by atoms with van der Waals surface area (Å²) >= 11 is 0. The fourth-order valence-corrected chi connectivity index (χ4v) is 5.16. The molecule has 0 bridgehead atoms. The predicted molar refractivity (Wildman–Crippen MR) is 118 cm³/mol. The van der Waals surface area contributed by atoms with Gasteiger partial charge in [-0.1, -0.05) is 54.6 Å². The largest absolute Gasteiger partial charge is 0.310 e. The van der Waals surface area contributed by atoms with Gasteiger partial charge in [0.1, 0.15) is 5.82 Å². The van der Waals surface area contributed by atoms with Gasteiger partial charge in [0.05, 0.1) is 29.2 Å². The lowest BCUT2D eigenvalue weighted by Gasteiger charge is -2.23. The van der Waals surface area contributed by atoms with Gasteiger partial charge >= 0.3 is 0 Å². The third-order valence-corrected chi connectivity index (χ3v) is 6.55. The molecule has 1 aromatic heterocycles. The number of benzene rings is 2. The second-order valence-electron chi connectivity index (χ2n) is 8.68. The van der Waals surface area contributed by atoms with Crippen LogP contribution in [-0.2, 0) is 38.1 Å². The van der Waals surface area contributed by atoms with E-state index in [0.29, 0.717) is 17.1 Å². The Kier molecular flexibility index (Phi) is 5.02. The van der Waals surface area contributed by atoms with E-state index < -0.39 is 9.84 Å². The van der Waals surface area contributed by atoms with Crippen LogP contribution in [0.15, 0.2) is 54.6 Å². The first-order valence-corrected chi connectivity index (χ1v) is 11.7. The quantitative estimate of drug-likeness (QED) is 0.690. The zero-order chi connectivity index (χ0) is 21.5. The Labute approximate surface area is 176 Å². The third kappa shape index (κ3) is 4.16. The molecule has 0 fully saturated rings. The molecule has 3 aromatic rings. The van der Waals surface area contributed by atoms with Crippen LogP contribution in [0.2, 0.25) is 0 Å². The molecule has 1 N–H and O–H groups in total. The summed E-state index contributed by atoms with van der Waals surface area (Å²) in [6.07, 6.45) is 0.200. The first-order valence-electron chi connectivity index (χ1n) is 9.88. The first-order chi connectivity index (χ1) is 14.1. The Bertz CT molecular complexity index is 1190. The maximum atomic E-state index is 12.8. The molecular formula is C23H25N3O3S. The predicted octanol–water partition coefficient (Wildman–Crippen LogP) is 3.91. The molecule has 0 saturated carbocycles. The Morgan fingerprint density at radius 3 is 2.27 bits per heavy atom. The minimum absolute atomic E-state index is 0.0742. The molecule has 4 rings (SSSR count). The van der Waals surface area contributed by atoms with E-state index in [1.807, 2.05) is 75.4 Å². The van der Waals surface area contributed by atoms with Crippen LogP contribution in [0.3, 0.4) is 0 Å². The van der Waals surface area contributed by atoms with Crippen molar-refractivity contribution in [3.63, 3.8) is 0 Å². The van der Waals surface area contributed by atoms with E-state index in [1.54, 1.807) is 4.68 Å².